The van der Waals surface area contributed by atoms with E-state index in [1.807, 2.05) is 0 Å². The Bertz CT molecular complexity index is 692. The van der Waals surface area contributed by atoms with Gasteiger partial charge in [0.25, 0.3) is 0 Å². The molecule has 2 amide bonds. The normalized spacial score (nSPS) is 25.7. The lowest BCUT2D eigenvalue weighted by Gasteiger charge is -2.23. The highest BCUT2D eigenvalue weighted by molar-refractivity contribution is 5.80. The van der Waals surface area contributed by atoms with E-state index < -0.39 is 29.2 Å². The molecule has 3 rings (SSSR count). The number of hydrogen-bond acceptors (Lipinski definition) is 2. The van der Waals surface area contributed by atoms with Gasteiger partial charge in [0.15, 0.2) is 0 Å². The Hall–Kier alpha value is -2.25. The van der Waals surface area contributed by atoms with E-state index in [1.165, 1.54) is 23.1 Å². The number of amides is 2. The Morgan fingerprint density at radius 3 is 2.68 bits per heavy atom. The van der Waals surface area contributed by atoms with Crippen LogP contribution in [0.1, 0.15) is 30.4 Å². The number of alkyl halides is 3. The van der Waals surface area contributed by atoms with Gasteiger partial charge in [0.05, 0.1) is 11.0 Å². The average molecular weight is 356 g/mol. The molecule has 0 bridgehead atoms. The summed E-state index contributed by atoms with van der Waals surface area (Å²) in [7, 11) is 0. The van der Waals surface area contributed by atoms with Crippen molar-refractivity contribution >= 4 is 12.0 Å². The van der Waals surface area contributed by atoms with Gasteiger partial charge in [-0.1, -0.05) is 24.6 Å². The molecule has 1 heterocycles. The van der Waals surface area contributed by atoms with Gasteiger partial charge in [-0.15, -0.1) is 0 Å². The van der Waals surface area contributed by atoms with E-state index in [0.29, 0.717) is 13.0 Å². The van der Waals surface area contributed by atoms with Crippen molar-refractivity contribution in [3.8, 4) is 0 Å². The number of likely N-dealkylation sites (tertiary alicyclic amines) is 1. The fraction of sp³-hybridized carbons (Fsp3) is 0.529. The first-order valence-corrected chi connectivity index (χ1v) is 8.15. The quantitative estimate of drug-likeness (QED) is 0.874. The number of halogens is 3. The summed E-state index contributed by atoms with van der Waals surface area (Å²) in [5.41, 5.74) is -1.70. The van der Waals surface area contributed by atoms with Gasteiger partial charge in [-0.05, 0) is 30.4 Å². The number of hydrogen-bond donors (Lipinski definition) is 2. The number of nitrogens with one attached hydrogen (secondary N) is 1. The van der Waals surface area contributed by atoms with Gasteiger partial charge in [0, 0.05) is 19.6 Å². The summed E-state index contributed by atoms with van der Waals surface area (Å²) in [6, 6.07) is 4.55. The van der Waals surface area contributed by atoms with Gasteiger partial charge < -0.3 is 15.3 Å². The van der Waals surface area contributed by atoms with Crippen molar-refractivity contribution in [3.63, 3.8) is 0 Å². The lowest BCUT2D eigenvalue weighted by Crippen LogP contribution is -2.41. The third kappa shape index (κ3) is 3.17. The molecule has 2 fully saturated rings. The van der Waals surface area contributed by atoms with Crippen LogP contribution in [0.15, 0.2) is 24.3 Å². The number of carboxylic acid groups (broad SMARTS) is 1. The highest BCUT2D eigenvalue weighted by atomic mass is 19.4. The molecule has 2 N–H and O–H groups in total. The minimum absolute atomic E-state index is 0.0179. The number of nitrogens with zero attached hydrogens (tertiary/aromatic N) is 1. The number of carbonyl (C=O) groups excluding carboxylic acids is 1. The van der Waals surface area contributed by atoms with Gasteiger partial charge in [0.2, 0.25) is 0 Å². The average Bonchev–Trinajstić information content (AvgIpc) is 3.10. The second-order valence-corrected chi connectivity index (χ2v) is 6.74. The molecule has 1 aliphatic carbocycles. The van der Waals surface area contributed by atoms with E-state index in [1.54, 1.807) is 0 Å². The number of urea groups is 1. The molecule has 0 aromatic heterocycles. The molecule has 5 nitrogen and oxygen atoms in total. The van der Waals surface area contributed by atoms with Gasteiger partial charge in [-0.2, -0.15) is 13.2 Å². The Morgan fingerprint density at radius 2 is 2.04 bits per heavy atom. The van der Waals surface area contributed by atoms with Crippen LogP contribution >= 0.6 is 0 Å². The first-order chi connectivity index (χ1) is 11.7. The highest BCUT2D eigenvalue weighted by Crippen LogP contribution is 2.48. The zero-order chi connectivity index (χ0) is 18.2. The van der Waals surface area contributed by atoms with Gasteiger partial charge in [0.1, 0.15) is 0 Å². The standard InChI is InChI=1S/C17H19F3N2O3/c18-17(19,20)13-6-2-1-4-11(13)8-21-15(25)22-9-12-5-3-7-16(12,10-22)14(23)24/h1-2,4,6,12H,3,5,7-10H2,(H,21,25)(H,23,24)/t12-,16+/m0/s1. The maximum Gasteiger partial charge on any atom is 0.416 e. The third-order valence-corrected chi connectivity index (χ3v) is 5.34. The van der Waals surface area contributed by atoms with Crippen molar-refractivity contribution in [2.24, 2.45) is 11.3 Å². The fourth-order valence-corrected chi connectivity index (χ4v) is 4.03. The van der Waals surface area contributed by atoms with Crippen molar-refractivity contribution in [2.75, 3.05) is 13.1 Å². The number of fused-ring (bicyclic) bond motifs is 1. The van der Waals surface area contributed by atoms with E-state index in [4.69, 9.17) is 0 Å². The maximum absolute atomic E-state index is 13.0. The van der Waals surface area contributed by atoms with Crippen LogP contribution in [0.25, 0.3) is 0 Å². The van der Waals surface area contributed by atoms with Crippen LogP contribution in [0.5, 0.6) is 0 Å². The number of benzene rings is 1. The summed E-state index contributed by atoms with van der Waals surface area (Å²) < 4.78 is 38.9. The zero-order valence-corrected chi connectivity index (χ0v) is 13.5. The minimum atomic E-state index is -4.49. The van der Waals surface area contributed by atoms with E-state index in [9.17, 15) is 27.9 Å². The number of rotatable bonds is 3. The van der Waals surface area contributed by atoms with Crippen LogP contribution < -0.4 is 5.32 Å². The van der Waals surface area contributed by atoms with Crippen LogP contribution in [-0.4, -0.2) is 35.1 Å². The van der Waals surface area contributed by atoms with Crippen molar-refractivity contribution in [3.05, 3.63) is 35.4 Å². The first kappa shape index (κ1) is 17.6. The molecular formula is C17H19F3N2O3. The molecule has 2 aliphatic rings. The maximum atomic E-state index is 13.0. The van der Waals surface area contributed by atoms with Crippen LogP contribution in [0.3, 0.4) is 0 Å². The summed E-state index contributed by atoms with van der Waals surface area (Å²) in [6.07, 6.45) is -2.37. The number of aliphatic carboxylic acids is 1. The summed E-state index contributed by atoms with van der Waals surface area (Å²) in [5, 5.41) is 12.0. The van der Waals surface area contributed by atoms with Crippen LogP contribution in [0.4, 0.5) is 18.0 Å². The Kier molecular flexibility index (Phi) is 4.38. The predicted molar refractivity (Wildman–Crippen MR) is 82.7 cm³/mol. The minimum Gasteiger partial charge on any atom is -0.481 e. The molecule has 25 heavy (non-hydrogen) atoms. The molecular weight excluding hydrogens is 337 g/mol. The van der Waals surface area contributed by atoms with Crippen LogP contribution in [-0.2, 0) is 17.5 Å². The first-order valence-electron chi connectivity index (χ1n) is 8.15. The monoisotopic (exact) mass is 356 g/mol. The molecule has 1 aromatic carbocycles. The molecule has 0 unspecified atom stereocenters. The summed E-state index contributed by atoms with van der Waals surface area (Å²) in [5.74, 6) is -0.981. The molecule has 1 saturated carbocycles. The molecule has 1 saturated heterocycles. The molecule has 1 aliphatic heterocycles. The molecule has 136 valence electrons. The number of carboxylic acids is 1. The molecule has 2 atom stereocenters. The van der Waals surface area contributed by atoms with Gasteiger partial charge in [-0.25, -0.2) is 4.79 Å². The van der Waals surface area contributed by atoms with E-state index >= 15 is 0 Å². The van der Waals surface area contributed by atoms with Crippen molar-refractivity contribution in [2.45, 2.75) is 32.0 Å². The van der Waals surface area contributed by atoms with E-state index in [2.05, 4.69) is 5.32 Å². The largest absolute Gasteiger partial charge is 0.481 e. The summed E-state index contributed by atoms with van der Waals surface area (Å²) in [6.45, 7) is 0.189. The predicted octanol–water partition coefficient (Wildman–Crippen LogP) is 3.10. The lowest BCUT2D eigenvalue weighted by atomic mass is 9.81. The molecule has 1 aromatic rings. The van der Waals surface area contributed by atoms with E-state index in [0.717, 1.165) is 18.9 Å². The molecule has 0 spiro atoms. The van der Waals surface area contributed by atoms with Crippen LogP contribution in [0, 0.1) is 11.3 Å². The van der Waals surface area contributed by atoms with Crippen LogP contribution in [0.2, 0.25) is 0 Å². The zero-order valence-electron chi connectivity index (χ0n) is 13.5. The van der Waals surface area contributed by atoms with Gasteiger partial charge >= 0.3 is 18.2 Å². The van der Waals surface area contributed by atoms with Gasteiger partial charge in [-0.3, -0.25) is 4.79 Å². The Balaban J connectivity index is 1.66. The topological polar surface area (TPSA) is 69.6 Å². The Morgan fingerprint density at radius 1 is 1.32 bits per heavy atom. The number of carbonyl (C=O) groups is 2. The smallest absolute Gasteiger partial charge is 0.416 e. The van der Waals surface area contributed by atoms with Crippen molar-refractivity contribution < 1.29 is 27.9 Å². The summed E-state index contributed by atoms with van der Waals surface area (Å²) in [4.78, 5) is 25.4. The second kappa shape index (κ2) is 6.24. The SMILES string of the molecule is O=C(NCc1ccccc1C(F)(F)F)N1C[C@@H]2CCC[C@@]2(C(=O)O)C1. The highest BCUT2D eigenvalue weighted by Gasteiger charge is 2.55. The molecule has 0 radical (unpaired) electrons. The summed E-state index contributed by atoms with van der Waals surface area (Å²) >= 11 is 0. The third-order valence-electron chi connectivity index (χ3n) is 5.34. The van der Waals surface area contributed by atoms with Crippen molar-refractivity contribution in [1.82, 2.24) is 10.2 Å². The fourth-order valence-electron chi connectivity index (χ4n) is 4.03. The van der Waals surface area contributed by atoms with E-state index in [-0.39, 0.29) is 24.6 Å². The Labute approximate surface area is 142 Å². The lowest BCUT2D eigenvalue weighted by molar-refractivity contribution is -0.149. The van der Waals surface area contributed by atoms with Crippen molar-refractivity contribution in [1.29, 1.82) is 0 Å². The molecule has 8 heteroatoms. The second-order valence-electron chi connectivity index (χ2n) is 6.74.